The summed E-state index contributed by atoms with van der Waals surface area (Å²) in [7, 11) is 3.52. The van der Waals surface area contributed by atoms with Crippen LogP contribution in [0.15, 0.2) is 48.5 Å². The fraction of sp³-hybridized carbons (Fsp3) is 0.211. The SMILES string of the molecule is CCc1ccc(NC(=O)c2cc3c(OC)cccc3n2C)cc1. The maximum absolute atomic E-state index is 12.6. The largest absolute Gasteiger partial charge is 0.496 e. The number of rotatable bonds is 4. The molecule has 4 heteroatoms. The predicted molar refractivity (Wildman–Crippen MR) is 93.2 cm³/mol. The van der Waals surface area contributed by atoms with Crippen LogP contribution in [0, 0.1) is 0 Å². The number of amides is 1. The number of aryl methyl sites for hydroxylation is 2. The van der Waals surface area contributed by atoms with Crippen molar-refractivity contribution in [3.8, 4) is 5.75 Å². The Bertz CT molecular complexity index is 848. The molecule has 1 amide bonds. The molecule has 0 saturated heterocycles. The van der Waals surface area contributed by atoms with Crippen molar-refractivity contribution in [1.29, 1.82) is 0 Å². The number of carbonyl (C=O) groups excluding carboxylic acids is 1. The molecule has 1 N–H and O–H groups in total. The van der Waals surface area contributed by atoms with Gasteiger partial charge in [0, 0.05) is 18.1 Å². The molecule has 0 radical (unpaired) electrons. The fourth-order valence-corrected chi connectivity index (χ4v) is 2.75. The molecular weight excluding hydrogens is 288 g/mol. The standard InChI is InChI=1S/C19H20N2O2/c1-4-13-8-10-14(11-9-13)20-19(22)17-12-15-16(21(17)2)6-5-7-18(15)23-3/h5-12H,4H2,1-3H3,(H,20,22). The number of fused-ring (bicyclic) bond motifs is 1. The maximum atomic E-state index is 12.6. The highest BCUT2D eigenvalue weighted by Crippen LogP contribution is 2.28. The topological polar surface area (TPSA) is 43.3 Å². The Balaban J connectivity index is 1.92. The zero-order chi connectivity index (χ0) is 16.4. The van der Waals surface area contributed by atoms with Crippen LogP contribution in [0.1, 0.15) is 23.0 Å². The van der Waals surface area contributed by atoms with Gasteiger partial charge in [-0.25, -0.2) is 0 Å². The molecule has 0 saturated carbocycles. The summed E-state index contributed by atoms with van der Waals surface area (Å²) in [6, 6.07) is 15.6. The van der Waals surface area contributed by atoms with Crippen molar-refractivity contribution in [2.75, 3.05) is 12.4 Å². The summed E-state index contributed by atoms with van der Waals surface area (Å²) in [6.07, 6.45) is 0.983. The first-order valence-corrected chi connectivity index (χ1v) is 7.66. The molecule has 118 valence electrons. The van der Waals surface area contributed by atoms with E-state index in [1.807, 2.05) is 60.1 Å². The summed E-state index contributed by atoms with van der Waals surface area (Å²) in [6.45, 7) is 2.11. The molecule has 1 aromatic heterocycles. The van der Waals surface area contributed by atoms with Gasteiger partial charge in [-0.3, -0.25) is 4.79 Å². The normalized spacial score (nSPS) is 10.7. The second kappa shape index (κ2) is 6.16. The zero-order valence-corrected chi connectivity index (χ0v) is 13.6. The van der Waals surface area contributed by atoms with Crippen LogP contribution >= 0.6 is 0 Å². The van der Waals surface area contributed by atoms with E-state index in [4.69, 9.17) is 4.74 Å². The number of carbonyl (C=O) groups is 1. The Hall–Kier alpha value is -2.75. The van der Waals surface area contributed by atoms with Gasteiger partial charge in [0.15, 0.2) is 0 Å². The quantitative estimate of drug-likeness (QED) is 0.791. The smallest absolute Gasteiger partial charge is 0.272 e. The van der Waals surface area contributed by atoms with Gasteiger partial charge in [-0.2, -0.15) is 0 Å². The summed E-state index contributed by atoms with van der Waals surface area (Å²) in [4.78, 5) is 12.6. The minimum atomic E-state index is -0.130. The molecule has 0 aliphatic heterocycles. The molecule has 0 unspecified atom stereocenters. The summed E-state index contributed by atoms with van der Waals surface area (Å²) >= 11 is 0. The van der Waals surface area contributed by atoms with Gasteiger partial charge in [0.2, 0.25) is 0 Å². The number of aromatic nitrogens is 1. The molecule has 0 bridgehead atoms. The van der Waals surface area contributed by atoms with E-state index in [0.29, 0.717) is 5.69 Å². The minimum absolute atomic E-state index is 0.130. The molecule has 4 nitrogen and oxygen atoms in total. The van der Waals surface area contributed by atoms with Crippen LogP contribution in [0.5, 0.6) is 5.75 Å². The monoisotopic (exact) mass is 308 g/mol. The van der Waals surface area contributed by atoms with E-state index >= 15 is 0 Å². The summed E-state index contributed by atoms with van der Waals surface area (Å²) in [5, 5.41) is 3.88. The van der Waals surface area contributed by atoms with E-state index in [1.54, 1.807) is 7.11 Å². The number of methoxy groups -OCH3 is 1. The number of ether oxygens (including phenoxy) is 1. The van der Waals surface area contributed by atoms with E-state index in [0.717, 1.165) is 28.8 Å². The first-order chi connectivity index (χ1) is 11.1. The number of nitrogens with zero attached hydrogens (tertiary/aromatic N) is 1. The number of hydrogen-bond donors (Lipinski definition) is 1. The molecule has 3 aromatic rings. The van der Waals surface area contributed by atoms with Crippen LogP contribution < -0.4 is 10.1 Å². The van der Waals surface area contributed by atoms with Crippen molar-refractivity contribution < 1.29 is 9.53 Å². The van der Waals surface area contributed by atoms with Crippen LogP contribution in [0.3, 0.4) is 0 Å². The van der Waals surface area contributed by atoms with Crippen LogP contribution in [-0.4, -0.2) is 17.6 Å². The van der Waals surface area contributed by atoms with Gasteiger partial charge >= 0.3 is 0 Å². The lowest BCUT2D eigenvalue weighted by Crippen LogP contribution is -2.15. The molecule has 0 atom stereocenters. The highest BCUT2D eigenvalue weighted by atomic mass is 16.5. The van der Waals surface area contributed by atoms with Crippen molar-refractivity contribution in [2.24, 2.45) is 7.05 Å². The molecule has 3 rings (SSSR count). The van der Waals surface area contributed by atoms with E-state index in [-0.39, 0.29) is 5.91 Å². The predicted octanol–water partition coefficient (Wildman–Crippen LogP) is 4.00. The van der Waals surface area contributed by atoms with Crippen LogP contribution in [0.4, 0.5) is 5.69 Å². The third kappa shape index (κ3) is 2.80. The Labute approximate surface area is 135 Å². The van der Waals surface area contributed by atoms with E-state index < -0.39 is 0 Å². The molecule has 0 fully saturated rings. The van der Waals surface area contributed by atoms with Crippen molar-refractivity contribution in [3.63, 3.8) is 0 Å². The lowest BCUT2D eigenvalue weighted by molar-refractivity contribution is 0.102. The van der Waals surface area contributed by atoms with Gasteiger partial charge in [0.25, 0.3) is 5.91 Å². The van der Waals surface area contributed by atoms with E-state index in [9.17, 15) is 4.79 Å². The number of hydrogen-bond acceptors (Lipinski definition) is 2. The first kappa shape index (κ1) is 15.2. The zero-order valence-electron chi connectivity index (χ0n) is 13.6. The molecule has 0 spiro atoms. The number of benzene rings is 2. The lowest BCUT2D eigenvalue weighted by atomic mass is 10.1. The van der Waals surface area contributed by atoms with Gasteiger partial charge in [-0.1, -0.05) is 25.1 Å². The van der Waals surface area contributed by atoms with Crippen molar-refractivity contribution in [3.05, 3.63) is 59.8 Å². The van der Waals surface area contributed by atoms with Gasteiger partial charge in [0.1, 0.15) is 11.4 Å². The maximum Gasteiger partial charge on any atom is 0.272 e. The molecular formula is C19H20N2O2. The van der Waals surface area contributed by atoms with Crippen LogP contribution in [0.2, 0.25) is 0 Å². The fourth-order valence-electron chi connectivity index (χ4n) is 2.75. The van der Waals surface area contributed by atoms with Crippen molar-refractivity contribution in [1.82, 2.24) is 4.57 Å². The molecule has 23 heavy (non-hydrogen) atoms. The summed E-state index contributed by atoms with van der Waals surface area (Å²) in [5.74, 6) is 0.638. The number of nitrogens with one attached hydrogen (secondary N) is 1. The first-order valence-electron chi connectivity index (χ1n) is 7.66. The Morgan fingerprint density at radius 3 is 2.57 bits per heavy atom. The second-order valence-electron chi connectivity index (χ2n) is 5.49. The Kier molecular flexibility index (Phi) is 4.06. The third-order valence-electron chi connectivity index (χ3n) is 4.12. The van der Waals surface area contributed by atoms with Crippen LogP contribution in [-0.2, 0) is 13.5 Å². The van der Waals surface area contributed by atoms with E-state index in [1.165, 1.54) is 5.56 Å². The lowest BCUT2D eigenvalue weighted by Gasteiger charge is -2.07. The average Bonchev–Trinajstić information content (AvgIpc) is 2.93. The molecule has 0 aliphatic carbocycles. The minimum Gasteiger partial charge on any atom is -0.496 e. The summed E-state index contributed by atoms with van der Waals surface area (Å²) in [5.41, 5.74) is 3.61. The second-order valence-corrected chi connectivity index (χ2v) is 5.49. The van der Waals surface area contributed by atoms with Gasteiger partial charge in [-0.05, 0) is 42.3 Å². The highest BCUT2D eigenvalue weighted by molar-refractivity contribution is 6.07. The highest BCUT2D eigenvalue weighted by Gasteiger charge is 2.15. The van der Waals surface area contributed by atoms with Gasteiger partial charge in [-0.15, -0.1) is 0 Å². The average molecular weight is 308 g/mol. The molecule has 1 heterocycles. The van der Waals surface area contributed by atoms with Crippen molar-refractivity contribution >= 4 is 22.5 Å². The Morgan fingerprint density at radius 1 is 1.17 bits per heavy atom. The van der Waals surface area contributed by atoms with E-state index in [2.05, 4.69) is 12.2 Å². The van der Waals surface area contributed by atoms with Gasteiger partial charge < -0.3 is 14.6 Å². The van der Waals surface area contributed by atoms with Crippen molar-refractivity contribution in [2.45, 2.75) is 13.3 Å². The Morgan fingerprint density at radius 2 is 1.91 bits per heavy atom. The number of anilines is 1. The van der Waals surface area contributed by atoms with Crippen LogP contribution in [0.25, 0.3) is 10.9 Å². The molecule has 2 aromatic carbocycles. The summed E-state index contributed by atoms with van der Waals surface area (Å²) < 4.78 is 7.26. The third-order valence-corrected chi connectivity index (χ3v) is 4.12. The van der Waals surface area contributed by atoms with Gasteiger partial charge in [0.05, 0.1) is 12.6 Å². The molecule has 0 aliphatic rings.